The van der Waals surface area contributed by atoms with Gasteiger partial charge in [-0.2, -0.15) is 0 Å². The van der Waals surface area contributed by atoms with Crippen LogP contribution in [0.5, 0.6) is 0 Å². The zero-order chi connectivity index (χ0) is 16.9. The first-order chi connectivity index (χ1) is 10.4. The SMILES string of the molecule is COC[C@H]1O[C@@H](OC)[C@H](N(C)C(C)=O)[C@@H](OC(C)=O)[C@@H]1OC. The number of ether oxygens (including phenoxy) is 5. The molecule has 1 heterocycles. The van der Waals surface area contributed by atoms with Crippen molar-refractivity contribution in [1.29, 1.82) is 0 Å². The lowest BCUT2D eigenvalue weighted by atomic mass is 9.95. The molecule has 0 aromatic carbocycles. The van der Waals surface area contributed by atoms with E-state index < -0.39 is 36.6 Å². The molecule has 1 amide bonds. The lowest BCUT2D eigenvalue weighted by molar-refractivity contribution is -0.284. The molecular formula is C14H25NO7. The third-order valence-electron chi connectivity index (χ3n) is 3.70. The Kier molecular flexibility index (Phi) is 7.21. The summed E-state index contributed by atoms with van der Waals surface area (Å²) in [6, 6.07) is -0.621. The van der Waals surface area contributed by atoms with Crippen molar-refractivity contribution in [3.05, 3.63) is 0 Å². The van der Waals surface area contributed by atoms with Crippen molar-refractivity contribution in [1.82, 2.24) is 4.90 Å². The number of hydrogen-bond donors (Lipinski definition) is 0. The van der Waals surface area contributed by atoms with Crippen LogP contribution in [0.4, 0.5) is 0 Å². The fraction of sp³-hybridized carbons (Fsp3) is 0.857. The molecular weight excluding hydrogens is 294 g/mol. The van der Waals surface area contributed by atoms with E-state index in [1.165, 1.54) is 40.1 Å². The number of nitrogens with zero attached hydrogens (tertiary/aromatic N) is 1. The summed E-state index contributed by atoms with van der Waals surface area (Å²) in [5.74, 6) is -0.672. The van der Waals surface area contributed by atoms with Crippen LogP contribution in [0.1, 0.15) is 13.8 Å². The lowest BCUT2D eigenvalue weighted by Gasteiger charge is -2.47. The summed E-state index contributed by atoms with van der Waals surface area (Å²) in [4.78, 5) is 24.7. The summed E-state index contributed by atoms with van der Waals surface area (Å²) >= 11 is 0. The fourth-order valence-electron chi connectivity index (χ4n) is 2.61. The molecule has 22 heavy (non-hydrogen) atoms. The molecule has 8 heteroatoms. The molecule has 1 fully saturated rings. The number of carbonyl (C=O) groups is 2. The molecule has 128 valence electrons. The highest BCUT2D eigenvalue weighted by atomic mass is 16.7. The van der Waals surface area contributed by atoms with E-state index in [9.17, 15) is 9.59 Å². The van der Waals surface area contributed by atoms with Crippen LogP contribution in [-0.2, 0) is 33.3 Å². The van der Waals surface area contributed by atoms with Crippen LogP contribution in [0.2, 0.25) is 0 Å². The molecule has 0 N–H and O–H groups in total. The Morgan fingerprint density at radius 3 is 2.14 bits per heavy atom. The predicted molar refractivity (Wildman–Crippen MR) is 76.1 cm³/mol. The van der Waals surface area contributed by atoms with Gasteiger partial charge in [-0.1, -0.05) is 0 Å². The summed E-state index contributed by atoms with van der Waals surface area (Å²) in [7, 11) is 6.09. The van der Waals surface area contributed by atoms with Gasteiger partial charge < -0.3 is 28.6 Å². The first kappa shape index (κ1) is 18.8. The molecule has 0 radical (unpaired) electrons. The third kappa shape index (κ3) is 4.16. The van der Waals surface area contributed by atoms with Crippen molar-refractivity contribution >= 4 is 11.9 Å². The Balaban J connectivity index is 3.17. The van der Waals surface area contributed by atoms with Gasteiger partial charge in [0.2, 0.25) is 5.91 Å². The zero-order valence-corrected chi connectivity index (χ0v) is 13.9. The van der Waals surface area contributed by atoms with Crippen molar-refractivity contribution in [2.45, 2.75) is 44.5 Å². The minimum Gasteiger partial charge on any atom is -0.457 e. The van der Waals surface area contributed by atoms with Crippen LogP contribution in [0, 0.1) is 0 Å². The Morgan fingerprint density at radius 2 is 1.73 bits per heavy atom. The van der Waals surface area contributed by atoms with Gasteiger partial charge in [0.05, 0.1) is 6.61 Å². The molecule has 1 aliphatic heterocycles. The van der Waals surface area contributed by atoms with E-state index in [2.05, 4.69) is 0 Å². The molecule has 1 saturated heterocycles. The molecule has 5 atom stereocenters. The highest BCUT2D eigenvalue weighted by molar-refractivity contribution is 5.73. The summed E-state index contributed by atoms with van der Waals surface area (Å²) in [6.07, 6.45) is -2.55. The van der Waals surface area contributed by atoms with Crippen LogP contribution in [0.25, 0.3) is 0 Å². The molecule has 1 aliphatic rings. The Hall–Kier alpha value is -1.22. The topological polar surface area (TPSA) is 83.5 Å². The standard InChI is InChI=1S/C14H25NO7/c1-8(16)15(3)11-13(21-9(2)17)12(19-5)10(7-18-4)22-14(11)20-6/h10-14H,7H2,1-6H3/t10-,11-,12-,13-,14-/m1/s1. The van der Waals surface area contributed by atoms with Crippen molar-refractivity contribution < 1.29 is 33.3 Å². The second-order valence-corrected chi connectivity index (χ2v) is 5.13. The molecule has 8 nitrogen and oxygen atoms in total. The van der Waals surface area contributed by atoms with Gasteiger partial charge in [-0.3, -0.25) is 9.59 Å². The van der Waals surface area contributed by atoms with E-state index in [0.717, 1.165) is 0 Å². The largest absolute Gasteiger partial charge is 0.457 e. The fourth-order valence-corrected chi connectivity index (χ4v) is 2.61. The smallest absolute Gasteiger partial charge is 0.303 e. The second-order valence-electron chi connectivity index (χ2n) is 5.13. The number of carbonyl (C=O) groups excluding carboxylic acids is 2. The number of hydrogen-bond acceptors (Lipinski definition) is 7. The number of amides is 1. The van der Waals surface area contributed by atoms with Crippen molar-refractivity contribution in [2.75, 3.05) is 35.0 Å². The van der Waals surface area contributed by atoms with Gasteiger partial charge in [0.25, 0.3) is 0 Å². The maximum Gasteiger partial charge on any atom is 0.303 e. The average molecular weight is 319 g/mol. The van der Waals surface area contributed by atoms with Crippen molar-refractivity contribution in [2.24, 2.45) is 0 Å². The number of rotatable bonds is 6. The summed E-state index contributed by atoms with van der Waals surface area (Å²) < 4.78 is 27.1. The van der Waals surface area contributed by atoms with Gasteiger partial charge in [-0.15, -0.1) is 0 Å². The predicted octanol–water partition coefficient (Wildman–Crippen LogP) is -0.202. The van der Waals surface area contributed by atoms with Gasteiger partial charge in [0, 0.05) is 42.2 Å². The molecule has 0 aromatic rings. The van der Waals surface area contributed by atoms with E-state index >= 15 is 0 Å². The second kappa shape index (κ2) is 8.42. The van der Waals surface area contributed by atoms with Gasteiger partial charge in [0.1, 0.15) is 18.2 Å². The first-order valence-corrected chi connectivity index (χ1v) is 6.97. The Morgan fingerprint density at radius 1 is 1.09 bits per heavy atom. The summed E-state index contributed by atoms with van der Waals surface area (Å²) in [5.41, 5.74) is 0. The molecule has 0 unspecified atom stereocenters. The zero-order valence-electron chi connectivity index (χ0n) is 13.9. The van der Waals surface area contributed by atoms with Crippen LogP contribution >= 0.6 is 0 Å². The van der Waals surface area contributed by atoms with E-state index in [1.54, 1.807) is 7.05 Å². The Labute approximate surface area is 130 Å². The number of methoxy groups -OCH3 is 3. The quantitative estimate of drug-likeness (QED) is 0.627. The van der Waals surface area contributed by atoms with E-state index in [4.69, 9.17) is 23.7 Å². The van der Waals surface area contributed by atoms with Gasteiger partial charge in [-0.05, 0) is 0 Å². The summed E-state index contributed by atoms with van der Waals surface area (Å²) in [5, 5.41) is 0. The van der Waals surface area contributed by atoms with Gasteiger partial charge in [0.15, 0.2) is 12.4 Å². The van der Waals surface area contributed by atoms with Crippen LogP contribution < -0.4 is 0 Å². The number of esters is 1. The average Bonchev–Trinajstić information content (AvgIpc) is 2.45. The Bertz CT molecular complexity index is 389. The van der Waals surface area contributed by atoms with Crippen LogP contribution in [0.15, 0.2) is 0 Å². The highest BCUT2D eigenvalue weighted by Crippen LogP contribution is 2.29. The summed E-state index contributed by atoms with van der Waals surface area (Å²) in [6.45, 7) is 2.97. The lowest BCUT2D eigenvalue weighted by Crippen LogP contribution is -2.66. The number of likely N-dealkylation sites (N-methyl/N-ethyl adjacent to an activating group) is 1. The molecule has 0 aliphatic carbocycles. The molecule has 0 saturated carbocycles. The van der Waals surface area contributed by atoms with Crippen LogP contribution in [0.3, 0.4) is 0 Å². The molecule has 0 aromatic heterocycles. The van der Waals surface area contributed by atoms with E-state index in [0.29, 0.717) is 0 Å². The van der Waals surface area contributed by atoms with E-state index in [1.807, 2.05) is 0 Å². The minimum atomic E-state index is -0.759. The highest BCUT2D eigenvalue weighted by Gasteiger charge is 2.50. The normalized spacial score (nSPS) is 31.6. The minimum absolute atomic E-state index is 0.201. The molecule has 0 bridgehead atoms. The maximum absolute atomic E-state index is 11.7. The molecule has 1 rings (SSSR count). The van der Waals surface area contributed by atoms with Crippen LogP contribution in [-0.4, -0.2) is 82.4 Å². The van der Waals surface area contributed by atoms with Crippen molar-refractivity contribution in [3.63, 3.8) is 0 Å². The maximum atomic E-state index is 11.7. The third-order valence-corrected chi connectivity index (χ3v) is 3.70. The van der Waals surface area contributed by atoms with Crippen molar-refractivity contribution in [3.8, 4) is 0 Å². The monoisotopic (exact) mass is 319 g/mol. The van der Waals surface area contributed by atoms with Gasteiger partial charge in [-0.25, -0.2) is 0 Å². The van der Waals surface area contributed by atoms with Gasteiger partial charge >= 0.3 is 5.97 Å². The van der Waals surface area contributed by atoms with E-state index in [-0.39, 0.29) is 12.5 Å². The molecule has 0 spiro atoms. The first-order valence-electron chi connectivity index (χ1n) is 6.97.